The topological polar surface area (TPSA) is 26.3 Å². The molecule has 0 aromatic carbocycles. The summed E-state index contributed by atoms with van der Waals surface area (Å²) in [6, 6.07) is 0. The Morgan fingerprint density at radius 2 is 2.22 bits per heavy atom. The first kappa shape index (κ1) is 9.35. The van der Waals surface area contributed by atoms with Crippen molar-refractivity contribution in [2.45, 2.75) is 13.8 Å². The fraction of sp³-hybridized carbons (Fsp3) is 1.00. The van der Waals surface area contributed by atoms with Crippen molar-refractivity contribution in [3.63, 3.8) is 0 Å². The van der Waals surface area contributed by atoms with Gasteiger partial charge in [0.05, 0.1) is 0 Å². The number of hydrogen-bond donors (Lipinski definition) is 0. The van der Waals surface area contributed by atoms with Crippen LogP contribution in [-0.4, -0.2) is 12.2 Å². The molecule has 1 atom stereocenters. The van der Waals surface area contributed by atoms with Gasteiger partial charge < -0.3 is 0 Å². The van der Waals surface area contributed by atoms with E-state index in [0.717, 1.165) is 0 Å². The SMILES string of the molecule is CC(C)CO[P+](=O)CCl. The van der Waals surface area contributed by atoms with Crippen LogP contribution in [-0.2, 0) is 9.09 Å². The molecule has 0 bridgehead atoms. The molecule has 0 saturated heterocycles. The Morgan fingerprint density at radius 1 is 1.67 bits per heavy atom. The Hall–Kier alpha value is 0.350. The number of alkyl halides is 1. The minimum Gasteiger partial charge on any atom is -0.145 e. The third-order valence-corrected chi connectivity index (χ3v) is 1.87. The normalized spacial score (nSPS) is 12.2. The lowest BCUT2D eigenvalue weighted by Gasteiger charge is -1.93. The number of rotatable bonds is 4. The van der Waals surface area contributed by atoms with Gasteiger partial charge in [-0.3, -0.25) is 0 Å². The maximum atomic E-state index is 10.5. The Labute approximate surface area is 61.4 Å². The summed E-state index contributed by atoms with van der Waals surface area (Å²) < 4.78 is 15.3. The molecule has 4 heteroatoms. The van der Waals surface area contributed by atoms with Crippen molar-refractivity contribution in [2.24, 2.45) is 5.92 Å². The molecule has 0 aliphatic heterocycles. The van der Waals surface area contributed by atoms with Crippen molar-refractivity contribution in [1.29, 1.82) is 0 Å². The van der Waals surface area contributed by atoms with E-state index in [4.69, 9.17) is 16.1 Å². The molecule has 0 heterocycles. The second-order valence-corrected chi connectivity index (χ2v) is 4.02. The second kappa shape index (κ2) is 5.16. The molecule has 0 aromatic rings. The van der Waals surface area contributed by atoms with Gasteiger partial charge in [0.25, 0.3) is 5.62 Å². The maximum absolute atomic E-state index is 10.5. The largest absolute Gasteiger partial charge is 0.524 e. The molecular formula is C5H11ClO2P+. The van der Waals surface area contributed by atoms with Gasteiger partial charge in [0.15, 0.2) is 0 Å². The van der Waals surface area contributed by atoms with Crippen LogP contribution >= 0.6 is 19.6 Å². The predicted octanol–water partition coefficient (Wildman–Crippen LogP) is 2.60. The van der Waals surface area contributed by atoms with Crippen molar-refractivity contribution >= 4 is 19.6 Å². The van der Waals surface area contributed by atoms with Gasteiger partial charge in [0.1, 0.15) is 6.61 Å². The second-order valence-electron chi connectivity index (χ2n) is 2.14. The lowest BCUT2D eigenvalue weighted by Crippen LogP contribution is -1.95. The molecule has 0 aliphatic rings. The third kappa shape index (κ3) is 6.23. The van der Waals surface area contributed by atoms with E-state index in [1.54, 1.807) is 0 Å². The molecule has 0 rings (SSSR count). The van der Waals surface area contributed by atoms with E-state index in [9.17, 15) is 4.57 Å². The van der Waals surface area contributed by atoms with Crippen LogP contribution < -0.4 is 0 Å². The first-order valence-electron chi connectivity index (χ1n) is 2.80. The van der Waals surface area contributed by atoms with Crippen molar-refractivity contribution < 1.29 is 9.09 Å². The highest BCUT2D eigenvalue weighted by atomic mass is 35.5. The quantitative estimate of drug-likeness (QED) is 0.478. The van der Waals surface area contributed by atoms with Gasteiger partial charge in [-0.05, 0) is 10.5 Å². The lowest BCUT2D eigenvalue weighted by atomic mass is 10.2. The maximum Gasteiger partial charge on any atom is 0.524 e. The van der Waals surface area contributed by atoms with Gasteiger partial charge in [0.2, 0.25) is 0 Å². The van der Waals surface area contributed by atoms with Crippen LogP contribution in [0.3, 0.4) is 0 Å². The fourth-order valence-corrected chi connectivity index (χ4v) is 1.01. The van der Waals surface area contributed by atoms with E-state index in [1.807, 2.05) is 13.8 Å². The van der Waals surface area contributed by atoms with E-state index in [-0.39, 0.29) is 5.62 Å². The highest BCUT2D eigenvalue weighted by molar-refractivity contribution is 7.41. The van der Waals surface area contributed by atoms with Gasteiger partial charge in [-0.1, -0.05) is 25.4 Å². The van der Waals surface area contributed by atoms with E-state index in [2.05, 4.69) is 0 Å². The molecule has 1 unspecified atom stereocenters. The molecule has 0 spiro atoms. The molecule has 0 saturated carbocycles. The van der Waals surface area contributed by atoms with Gasteiger partial charge in [0, 0.05) is 0 Å². The predicted molar refractivity (Wildman–Crippen MR) is 39.1 cm³/mol. The Morgan fingerprint density at radius 3 is 2.56 bits per heavy atom. The van der Waals surface area contributed by atoms with E-state index in [0.29, 0.717) is 12.5 Å². The Balaban J connectivity index is 3.17. The minimum atomic E-state index is -1.60. The summed E-state index contributed by atoms with van der Waals surface area (Å²) in [5.41, 5.74) is 0.0993. The molecule has 0 aromatic heterocycles. The van der Waals surface area contributed by atoms with Crippen LogP contribution in [0.4, 0.5) is 0 Å². The number of halogens is 1. The van der Waals surface area contributed by atoms with E-state index >= 15 is 0 Å². The van der Waals surface area contributed by atoms with Crippen molar-refractivity contribution in [2.75, 3.05) is 12.2 Å². The van der Waals surface area contributed by atoms with Crippen LogP contribution in [0.5, 0.6) is 0 Å². The summed E-state index contributed by atoms with van der Waals surface area (Å²) in [5, 5.41) is 0. The van der Waals surface area contributed by atoms with E-state index < -0.39 is 8.03 Å². The smallest absolute Gasteiger partial charge is 0.145 e. The molecule has 0 amide bonds. The molecule has 2 nitrogen and oxygen atoms in total. The summed E-state index contributed by atoms with van der Waals surface area (Å²) in [7, 11) is -1.60. The van der Waals surface area contributed by atoms with Crippen LogP contribution in [0.15, 0.2) is 0 Å². The fourth-order valence-electron chi connectivity index (χ4n) is 0.267. The van der Waals surface area contributed by atoms with Gasteiger partial charge >= 0.3 is 8.03 Å². The van der Waals surface area contributed by atoms with Crippen molar-refractivity contribution in [3.05, 3.63) is 0 Å². The van der Waals surface area contributed by atoms with Crippen LogP contribution in [0.1, 0.15) is 13.8 Å². The van der Waals surface area contributed by atoms with Crippen LogP contribution in [0, 0.1) is 5.92 Å². The minimum absolute atomic E-state index is 0.0993. The summed E-state index contributed by atoms with van der Waals surface area (Å²) >= 11 is 5.23. The number of hydrogen-bond acceptors (Lipinski definition) is 2. The first-order chi connectivity index (χ1) is 4.16. The van der Waals surface area contributed by atoms with Gasteiger partial charge in [-0.2, -0.15) is 0 Å². The zero-order valence-corrected chi connectivity index (χ0v) is 7.28. The monoisotopic (exact) mass is 169 g/mol. The highest BCUT2D eigenvalue weighted by Gasteiger charge is 2.14. The summed E-state index contributed by atoms with van der Waals surface area (Å²) in [6.07, 6.45) is 0. The van der Waals surface area contributed by atoms with Crippen molar-refractivity contribution in [3.8, 4) is 0 Å². The molecule has 54 valence electrons. The van der Waals surface area contributed by atoms with Crippen molar-refractivity contribution in [1.82, 2.24) is 0 Å². The molecule has 0 radical (unpaired) electrons. The molecule has 9 heavy (non-hydrogen) atoms. The first-order valence-corrected chi connectivity index (χ1v) is 4.70. The summed E-state index contributed by atoms with van der Waals surface area (Å²) in [5.74, 6) is 0.423. The molecule has 0 fully saturated rings. The molecule has 0 N–H and O–H groups in total. The zero-order chi connectivity index (χ0) is 7.28. The van der Waals surface area contributed by atoms with E-state index in [1.165, 1.54) is 0 Å². The van der Waals surface area contributed by atoms with Crippen LogP contribution in [0.25, 0.3) is 0 Å². The molecular weight excluding hydrogens is 158 g/mol. The van der Waals surface area contributed by atoms with Gasteiger partial charge in [-0.25, -0.2) is 0 Å². The highest BCUT2D eigenvalue weighted by Crippen LogP contribution is 2.23. The standard InChI is InChI=1S/C5H11ClO2P/c1-5(2)3-8-9(7)4-6/h5H,3-4H2,1-2H3/q+1. The molecule has 0 aliphatic carbocycles. The summed E-state index contributed by atoms with van der Waals surface area (Å²) in [4.78, 5) is 0. The Bertz CT molecular complexity index is 95.0. The van der Waals surface area contributed by atoms with Crippen LogP contribution in [0.2, 0.25) is 0 Å². The van der Waals surface area contributed by atoms with Gasteiger partial charge in [-0.15, -0.1) is 4.52 Å². The lowest BCUT2D eigenvalue weighted by molar-refractivity contribution is 0.285. The zero-order valence-electron chi connectivity index (χ0n) is 5.63. The average molecular weight is 170 g/mol. The third-order valence-electron chi connectivity index (χ3n) is 0.649. The summed E-state index contributed by atoms with van der Waals surface area (Å²) in [6.45, 7) is 4.52. The Kier molecular flexibility index (Phi) is 5.36. The average Bonchev–Trinajstić information content (AvgIpc) is 1.83.